The maximum absolute atomic E-state index is 10.5. The van der Waals surface area contributed by atoms with Gasteiger partial charge in [-0.3, -0.25) is 30.3 Å². The van der Waals surface area contributed by atoms with Crippen molar-refractivity contribution >= 4 is 22.7 Å². The molecule has 17 heavy (non-hydrogen) atoms. The molecule has 0 heterocycles. The molecule has 0 unspecified atom stereocenters. The van der Waals surface area contributed by atoms with Gasteiger partial charge in [0.25, 0.3) is 5.69 Å². The summed E-state index contributed by atoms with van der Waals surface area (Å²) in [6, 6.07) is 0.949. The third-order valence-electron chi connectivity index (χ3n) is 1.76. The van der Waals surface area contributed by atoms with Gasteiger partial charge < -0.3 is 0 Å². The quantitative estimate of drug-likeness (QED) is 0.436. The molecule has 0 amide bonds. The second-order valence-electron chi connectivity index (χ2n) is 2.70. The Morgan fingerprint density at radius 3 is 1.59 bits per heavy atom. The van der Waals surface area contributed by atoms with Crippen molar-refractivity contribution in [3.05, 3.63) is 42.5 Å². The molecule has 11 nitrogen and oxygen atoms in total. The molecule has 0 spiro atoms. The molecule has 0 saturated heterocycles. The zero-order valence-corrected chi connectivity index (χ0v) is 7.84. The van der Waals surface area contributed by atoms with Crippen LogP contribution >= 0.6 is 0 Å². The molecule has 0 aliphatic carbocycles. The summed E-state index contributed by atoms with van der Waals surface area (Å²) in [4.78, 5) is 28.2. The number of nitro benzene ring substituents is 3. The Bertz CT molecular complexity index is 505. The smallest absolute Gasteiger partial charge is 0.258 e. The lowest BCUT2D eigenvalue weighted by molar-refractivity contribution is -0.402. The summed E-state index contributed by atoms with van der Waals surface area (Å²) >= 11 is 0. The molecule has 0 saturated carbocycles. The Hall–Kier alpha value is -2.98. The number of rotatable bonds is 4. The van der Waals surface area contributed by atoms with Crippen LogP contribution in [0.15, 0.2) is 17.2 Å². The molecule has 0 aliphatic rings. The summed E-state index contributed by atoms with van der Waals surface area (Å²) < 4.78 is 0. The van der Waals surface area contributed by atoms with Gasteiger partial charge in [-0.05, 0) is 5.53 Å². The molecule has 0 N–H and O–H groups in total. The summed E-state index contributed by atoms with van der Waals surface area (Å²) in [6.45, 7) is 0. The predicted octanol–water partition coefficient (Wildman–Crippen LogP) is 1.29. The maximum atomic E-state index is 10.5. The van der Waals surface area contributed by atoms with Crippen molar-refractivity contribution in [2.24, 2.45) is 5.11 Å². The van der Waals surface area contributed by atoms with Gasteiger partial charge in [-0.2, -0.15) is 0 Å². The van der Waals surface area contributed by atoms with Crippen LogP contribution in [0.2, 0.25) is 0 Å². The summed E-state index contributed by atoms with van der Waals surface area (Å²) in [5, 5.41) is 33.9. The minimum atomic E-state index is -1.12. The number of nitro groups is 3. The molecular weight excluding hydrogens is 238 g/mol. The van der Waals surface area contributed by atoms with Crippen LogP contribution in [-0.2, 0) is 0 Å². The molecule has 1 aromatic rings. The Kier molecular flexibility index (Phi) is 3.03. The highest BCUT2D eigenvalue weighted by Gasteiger charge is 2.30. The van der Waals surface area contributed by atoms with Crippen LogP contribution in [0, 0.1) is 30.3 Å². The van der Waals surface area contributed by atoms with Crippen LogP contribution in [0.25, 0.3) is 0 Å². The minimum absolute atomic E-state index is 0.474. The number of benzene rings is 1. The average Bonchev–Trinajstić information content (AvgIpc) is 2.26. The molecule has 0 atom stereocenters. The van der Waals surface area contributed by atoms with E-state index in [2.05, 4.69) is 5.11 Å². The number of hydrogen-bond donors (Lipinski definition) is 0. The van der Waals surface area contributed by atoms with E-state index in [1.807, 2.05) is 0 Å². The second-order valence-corrected chi connectivity index (χ2v) is 2.70. The fraction of sp³-hybridized carbons (Fsp3) is 0. The zero-order valence-electron chi connectivity index (χ0n) is 7.84. The van der Waals surface area contributed by atoms with Gasteiger partial charge in [-0.25, -0.2) is 0 Å². The summed E-state index contributed by atoms with van der Waals surface area (Å²) in [5.41, 5.74) is 4.66. The predicted molar refractivity (Wildman–Crippen MR) is 50.6 cm³/mol. The molecule has 0 aromatic heterocycles. The lowest BCUT2D eigenvalue weighted by Gasteiger charge is -1.97. The Balaban J connectivity index is 3.68. The van der Waals surface area contributed by atoms with E-state index in [0.717, 1.165) is 0 Å². The van der Waals surface area contributed by atoms with Crippen molar-refractivity contribution < 1.29 is 14.8 Å². The van der Waals surface area contributed by atoms with Gasteiger partial charge in [0.1, 0.15) is 0 Å². The third-order valence-corrected chi connectivity index (χ3v) is 1.76. The normalized spacial score (nSPS) is 9.65. The fourth-order valence-corrected chi connectivity index (χ4v) is 1.08. The standard InChI is InChI=1S/C6H2N5O6/c7-8-6-4(10(14)15)1-3(9(12)13)2-5(6)11(16)17/h1-2H. The number of nitrogens with zero attached hydrogens (tertiary/aromatic N) is 5. The minimum Gasteiger partial charge on any atom is -0.258 e. The van der Waals surface area contributed by atoms with Crippen molar-refractivity contribution in [1.82, 2.24) is 5.53 Å². The Morgan fingerprint density at radius 2 is 1.35 bits per heavy atom. The lowest BCUT2D eigenvalue weighted by Crippen LogP contribution is -1.97. The Morgan fingerprint density at radius 1 is 0.941 bits per heavy atom. The van der Waals surface area contributed by atoms with Crippen molar-refractivity contribution in [1.29, 1.82) is 0 Å². The molecule has 11 heteroatoms. The maximum Gasteiger partial charge on any atom is 0.310 e. The SMILES string of the molecule is [N]=Nc1c([N+](=O)[O-])cc([N+](=O)[O-])cc1[N+](=O)[O-]. The van der Waals surface area contributed by atoms with E-state index >= 15 is 0 Å². The first-order valence-electron chi connectivity index (χ1n) is 3.84. The second kappa shape index (κ2) is 4.26. The van der Waals surface area contributed by atoms with Gasteiger partial charge in [0, 0.05) is 0 Å². The van der Waals surface area contributed by atoms with E-state index in [1.165, 1.54) is 0 Å². The van der Waals surface area contributed by atoms with Crippen LogP contribution in [0.3, 0.4) is 0 Å². The summed E-state index contributed by atoms with van der Waals surface area (Å²) in [6.07, 6.45) is 0. The lowest BCUT2D eigenvalue weighted by atomic mass is 10.2. The largest absolute Gasteiger partial charge is 0.310 e. The molecule has 1 aromatic carbocycles. The van der Waals surface area contributed by atoms with Crippen LogP contribution in [0.5, 0.6) is 0 Å². The third kappa shape index (κ3) is 2.17. The van der Waals surface area contributed by atoms with E-state index < -0.39 is 37.5 Å². The summed E-state index contributed by atoms with van der Waals surface area (Å²) in [7, 11) is 0. The highest BCUT2D eigenvalue weighted by atomic mass is 16.6. The van der Waals surface area contributed by atoms with E-state index in [4.69, 9.17) is 5.53 Å². The highest BCUT2D eigenvalue weighted by molar-refractivity contribution is 5.73. The number of hydrogen-bond acceptors (Lipinski definition) is 7. The first-order valence-corrected chi connectivity index (χ1v) is 3.84. The monoisotopic (exact) mass is 240 g/mol. The summed E-state index contributed by atoms with van der Waals surface area (Å²) in [5.74, 6) is 0. The van der Waals surface area contributed by atoms with Crippen LogP contribution < -0.4 is 5.53 Å². The van der Waals surface area contributed by atoms with Crippen molar-refractivity contribution in [3.8, 4) is 0 Å². The molecule has 0 aliphatic heterocycles. The van der Waals surface area contributed by atoms with Crippen molar-refractivity contribution in [2.45, 2.75) is 0 Å². The zero-order chi connectivity index (χ0) is 13.2. The van der Waals surface area contributed by atoms with Crippen LogP contribution in [0.1, 0.15) is 0 Å². The van der Waals surface area contributed by atoms with E-state index in [0.29, 0.717) is 12.1 Å². The topological polar surface area (TPSA) is 164 Å². The van der Waals surface area contributed by atoms with E-state index in [9.17, 15) is 30.3 Å². The average molecular weight is 240 g/mol. The van der Waals surface area contributed by atoms with Crippen LogP contribution in [0.4, 0.5) is 22.7 Å². The number of non-ortho nitro benzene ring substituents is 1. The molecule has 1 rings (SSSR count). The van der Waals surface area contributed by atoms with Gasteiger partial charge in [0.15, 0.2) is 0 Å². The fourth-order valence-electron chi connectivity index (χ4n) is 1.08. The van der Waals surface area contributed by atoms with E-state index in [1.54, 1.807) is 0 Å². The van der Waals surface area contributed by atoms with Crippen molar-refractivity contribution in [3.63, 3.8) is 0 Å². The van der Waals surface area contributed by atoms with Gasteiger partial charge in [0.05, 0.1) is 26.9 Å². The molecular formula is C6H2N5O6. The van der Waals surface area contributed by atoms with Gasteiger partial charge in [-0.1, -0.05) is 0 Å². The molecule has 0 fully saturated rings. The van der Waals surface area contributed by atoms with Crippen LogP contribution in [-0.4, -0.2) is 14.8 Å². The Labute approximate surface area is 91.6 Å². The van der Waals surface area contributed by atoms with Gasteiger partial charge in [0.2, 0.25) is 5.69 Å². The molecule has 0 bridgehead atoms. The molecule has 1 radical (unpaired) electrons. The highest BCUT2D eigenvalue weighted by Crippen LogP contribution is 2.39. The first kappa shape index (κ1) is 12.1. The van der Waals surface area contributed by atoms with E-state index in [-0.39, 0.29) is 0 Å². The molecule has 87 valence electrons. The van der Waals surface area contributed by atoms with Crippen molar-refractivity contribution in [2.75, 3.05) is 0 Å². The van der Waals surface area contributed by atoms with Gasteiger partial charge >= 0.3 is 11.4 Å². The van der Waals surface area contributed by atoms with Gasteiger partial charge in [-0.15, -0.1) is 5.11 Å². The first-order chi connectivity index (χ1) is 7.88.